The highest BCUT2D eigenvalue weighted by atomic mass is 14.9. The molecule has 2 heteroatoms. The molecule has 15 heavy (non-hydrogen) atoms. The Hall–Kier alpha value is -0.340. The first kappa shape index (κ1) is 11.2. The van der Waals surface area contributed by atoms with Gasteiger partial charge in [0.25, 0.3) is 0 Å². The zero-order valence-corrected chi connectivity index (χ0v) is 9.67. The summed E-state index contributed by atoms with van der Waals surface area (Å²) in [5, 5.41) is 7.07. The number of hydrogen-bond acceptors (Lipinski definition) is 2. The van der Waals surface area contributed by atoms with Gasteiger partial charge in [0.15, 0.2) is 0 Å². The van der Waals surface area contributed by atoms with Crippen LogP contribution in [-0.4, -0.2) is 25.7 Å². The molecule has 0 radical (unpaired) electrons. The highest BCUT2D eigenvalue weighted by molar-refractivity contribution is 4.96. The quantitative estimate of drug-likeness (QED) is 0.471. The minimum Gasteiger partial charge on any atom is -0.317 e. The van der Waals surface area contributed by atoms with Crippen LogP contribution in [0.4, 0.5) is 0 Å². The van der Waals surface area contributed by atoms with Crippen LogP contribution in [0.5, 0.6) is 0 Å². The van der Waals surface area contributed by atoms with E-state index < -0.39 is 0 Å². The monoisotopic (exact) mass is 208 g/mol. The number of nitrogens with one attached hydrogen (secondary N) is 2. The van der Waals surface area contributed by atoms with Gasteiger partial charge >= 0.3 is 0 Å². The molecule has 1 unspecified atom stereocenters. The Labute approximate surface area is 93.5 Å². The van der Waals surface area contributed by atoms with Crippen LogP contribution in [0, 0.1) is 5.92 Å². The molecule has 2 N–H and O–H groups in total. The van der Waals surface area contributed by atoms with Crippen LogP contribution in [0.1, 0.15) is 38.5 Å². The average molecular weight is 208 g/mol. The van der Waals surface area contributed by atoms with Crippen molar-refractivity contribution < 1.29 is 0 Å². The van der Waals surface area contributed by atoms with Crippen molar-refractivity contribution in [2.24, 2.45) is 5.92 Å². The summed E-state index contributed by atoms with van der Waals surface area (Å²) < 4.78 is 0. The molecular formula is C13H24N2. The zero-order chi connectivity index (χ0) is 10.3. The predicted molar refractivity (Wildman–Crippen MR) is 65.0 cm³/mol. The molecule has 0 heterocycles. The van der Waals surface area contributed by atoms with Gasteiger partial charge < -0.3 is 10.6 Å². The molecule has 1 fully saturated rings. The predicted octanol–water partition coefficient (Wildman–Crippen LogP) is 2.07. The fraction of sp³-hybridized carbons (Fsp3) is 0.846. The summed E-state index contributed by atoms with van der Waals surface area (Å²) in [5.74, 6) is 0.863. The molecule has 2 aliphatic rings. The van der Waals surface area contributed by atoms with Gasteiger partial charge in [0.1, 0.15) is 0 Å². The third-order valence-electron chi connectivity index (χ3n) is 3.34. The molecule has 0 aromatic heterocycles. The first-order chi connectivity index (χ1) is 7.45. The lowest BCUT2D eigenvalue weighted by atomic mass is 10.1. The molecule has 0 spiro atoms. The van der Waals surface area contributed by atoms with Crippen molar-refractivity contribution in [3.05, 3.63) is 12.2 Å². The van der Waals surface area contributed by atoms with Crippen LogP contribution in [0.3, 0.4) is 0 Å². The number of hydrogen-bond donors (Lipinski definition) is 2. The summed E-state index contributed by atoms with van der Waals surface area (Å²) in [7, 11) is 0. The number of rotatable bonds is 8. The molecule has 0 saturated heterocycles. The van der Waals surface area contributed by atoms with Crippen molar-refractivity contribution in [2.45, 2.75) is 44.6 Å². The molecule has 1 saturated carbocycles. The topological polar surface area (TPSA) is 24.1 Å². The van der Waals surface area contributed by atoms with E-state index in [1.54, 1.807) is 0 Å². The Kier molecular flexibility index (Phi) is 4.68. The Bertz CT molecular complexity index is 197. The Morgan fingerprint density at radius 3 is 2.73 bits per heavy atom. The van der Waals surface area contributed by atoms with Gasteiger partial charge in [-0.05, 0) is 64.1 Å². The molecule has 0 amide bonds. The van der Waals surface area contributed by atoms with Crippen molar-refractivity contribution >= 4 is 0 Å². The maximum Gasteiger partial charge on any atom is 0.00682 e. The molecule has 0 aromatic rings. The average Bonchev–Trinajstić information content (AvgIpc) is 2.92. The lowest BCUT2D eigenvalue weighted by Crippen LogP contribution is -2.24. The minimum absolute atomic E-state index is 0.863. The van der Waals surface area contributed by atoms with Gasteiger partial charge in [-0.1, -0.05) is 12.2 Å². The summed E-state index contributed by atoms with van der Waals surface area (Å²) in [5.41, 5.74) is 0. The van der Waals surface area contributed by atoms with E-state index in [1.807, 2.05) is 0 Å². The van der Waals surface area contributed by atoms with Gasteiger partial charge in [0.2, 0.25) is 0 Å². The van der Waals surface area contributed by atoms with Crippen LogP contribution in [0.2, 0.25) is 0 Å². The lowest BCUT2D eigenvalue weighted by molar-refractivity contribution is 0.522. The molecule has 86 valence electrons. The molecule has 2 nitrogen and oxygen atoms in total. The van der Waals surface area contributed by atoms with Gasteiger partial charge in [0, 0.05) is 6.04 Å². The highest BCUT2D eigenvalue weighted by Crippen LogP contribution is 2.19. The largest absolute Gasteiger partial charge is 0.317 e. The molecule has 1 atom stereocenters. The Morgan fingerprint density at radius 2 is 2.00 bits per heavy atom. The van der Waals surface area contributed by atoms with E-state index in [4.69, 9.17) is 0 Å². The van der Waals surface area contributed by atoms with Gasteiger partial charge in [-0.3, -0.25) is 0 Å². The smallest absolute Gasteiger partial charge is 0.00682 e. The summed E-state index contributed by atoms with van der Waals surface area (Å²) >= 11 is 0. The van der Waals surface area contributed by atoms with Crippen LogP contribution in [0.15, 0.2) is 12.2 Å². The maximum absolute atomic E-state index is 3.54. The second-order valence-electron chi connectivity index (χ2n) is 4.89. The van der Waals surface area contributed by atoms with Gasteiger partial charge in [0.05, 0.1) is 0 Å². The Balaban J connectivity index is 1.33. The summed E-state index contributed by atoms with van der Waals surface area (Å²) in [4.78, 5) is 0. The minimum atomic E-state index is 0.863. The molecule has 0 aromatic carbocycles. The lowest BCUT2D eigenvalue weighted by Gasteiger charge is -2.08. The fourth-order valence-electron chi connectivity index (χ4n) is 2.16. The standard InChI is InChI=1S/C13H24N2/c1-2-5-12(4-1)8-11-14-9-3-10-15-13-6-7-13/h1,4,12-15H,2-3,5-11H2. The van der Waals surface area contributed by atoms with E-state index >= 15 is 0 Å². The van der Waals surface area contributed by atoms with Gasteiger partial charge in [-0.25, -0.2) is 0 Å². The third kappa shape index (κ3) is 4.80. The first-order valence-corrected chi connectivity index (χ1v) is 6.56. The Morgan fingerprint density at radius 1 is 1.07 bits per heavy atom. The van der Waals surface area contributed by atoms with Gasteiger partial charge in [-0.15, -0.1) is 0 Å². The molecule has 2 aliphatic carbocycles. The molecular weight excluding hydrogens is 184 g/mol. The molecule has 0 aliphatic heterocycles. The normalized spacial score (nSPS) is 24.9. The van der Waals surface area contributed by atoms with Crippen molar-refractivity contribution in [1.29, 1.82) is 0 Å². The van der Waals surface area contributed by atoms with Gasteiger partial charge in [-0.2, -0.15) is 0 Å². The van der Waals surface area contributed by atoms with E-state index in [-0.39, 0.29) is 0 Å². The van der Waals surface area contributed by atoms with E-state index in [9.17, 15) is 0 Å². The van der Waals surface area contributed by atoms with Crippen molar-refractivity contribution in [2.75, 3.05) is 19.6 Å². The van der Waals surface area contributed by atoms with E-state index in [2.05, 4.69) is 22.8 Å². The van der Waals surface area contributed by atoms with Crippen LogP contribution >= 0.6 is 0 Å². The summed E-state index contributed by atoms with van der Waals surface area (Å²) in [6.45, 7) is 3.57. The first-order valence-electron chi connectivity index (χ1n) is 6.56. The highest BCUT2D eigenvalue weighted by Gasteiger charge is 2.19. The van der Waals surface area contributed by atoms with E-state index in [0.29, 0.717) is 0 Å². The SMILES string of the molecule is C1=CC(CCNCCCNC2CC2)CC1. The van der Waals surface area contributed by atoms with Crippen LogP contribution in [-0.2, 0) is 0 Å². The molecule has 0 bridgehead atoms. The van der Waals surface area contributed by atoms with Crippen LogP contribution < -0.4 is 10.6 Å². The zero-order valence-electron chi connectivity index (χ0n) is 9.67. The fourth-order valence-corrected chi connectivity index (χ4v) is 2.16. The van der Waals surface area contributed by atoms with Crippen molar-refractivity contribution in [3.63, 3.8) is 0 Å². The van der Waals surface area contributed by atoms with Crippen LogP contribution in [0.25, 0.3) is 0 Å². The van der Waals surface area contributed by atoms with Crippen molar-refractivity contribution in [3.8, 4) is 0 Å². The summed E-state index contributed by atoms with van der Waals surface area (Å²) in [6, 6.07) is 0.869. The second-order valence-corrected chi connectivity index (χ2v) is 4.89. The van der Waals surface area contributed by atoms with Crippen molar-refractivity contribution in [1.82, 2.24) is 10.6 Å². The maximum atomic E-state index is 3.54. The number of allylic oxidation sites excluding steroid dienone is 2. The third-order valence-corrected chi connectivity index (χ3v) is 3.34. The molecule has 2 rings (SSSR count). The van der Waals surface area contributed by atoms with E-state index in [0.717, 1.165) is 12.0 Å². The van der Waals surface area contributed by atoms with E-state index in [1.165, 1.54) is 58.2 Å². The second kappa shape index (κ2) is 6.29. The summed E-state index contributed by atoms with van der Waals surface area (Å²) in [6.07, 6.45) is 12.8.